The summed E-state index contributed by atoms with van der Waals surface area (Å²) in [4.78, 5) is 4.85. The Balaban J connectivity index is 0.884. The summed E-state index contributed by atoms with van der Waals surface area (Å²) >= 11 is 0. The summed E-state index contributed by atoms with van der Waals surface area (Å²) in [6.07, 6.45) is 0. The Hall–Kier alpha value is -11.7. The summed E-state index contributed by atoms with van der Waals surface area (Å²) in [6, 6.07) is 116. The van der Waals surface area contributed by atoms with Crippen molar-refractivity contribution in [1.82, 2.24) is 0 Å². The third-order valence-corrected chi connectivity index (χ3v) is 19.2. The molecule has 2 aromatic heterocycles. The molecule has 0 saturated carbocycles. The highest BCUT2D eigenvalue weighted by atomic mass is 16.3. The molecule has 0 unspecified atom stereocenters. The summed E-state index contributed by atoms with van der Waals surface area (Å²) < 4.78 is 13.8. The van der Waals surface area contributed by atoms with Gasteiger partial charge in [-0.1, -0.05) is 255 Å². The Kier molecular flexibility index (Phi) is 10.7. The SMILES string of the molecule is c1ccc(-c2ccccc2N(c2ccc3c4c(ccc3c2)-c2c(c3ccc(N(c5ccccc5-c5ccccc5)c5cccc6c5oc5ccccc56)cc3c3ccccc23)C42c3ccccc3-c3ccccc32)c2cccc3c2oc2ccccc23)cc1. The first-order valence-electron chi connectivity index (χ1n) is 30.6. The molecule has 0 amide bonds. The van der Waals surface area contributed by atoms with Crippen molar-refractivity contribution in [2.75, 3.05) is 9.80 Å². The number of rotatable bonds is 8. The van der Waals surface area contributed by atoms with E-state index in [9.17, 15) is 0 Å². The lowest BCUT2D eigenvalue weighted by molar-refractivity contribution is 0.668. The number of nitrogens with zero attached hydrogens (tertiary/aromatic N) is 2. The van der Waals surface area contributed by atoms with Crippen LogP contribution < -0.4 is 9.80 Å². The fourth-order valence-corrected chi connectivity index (χ4v) is 15.6. The lowest BCUT2D eigenvalue weighted by atomic mass is 9.68. The molecule has 19 rings (SSSR count). The second kappa shape index (κ2) is 19.1. The van der Waals surface area contributed by atoms with Gasteiger partial charge in [0.1, 0.15) is 11.2 Å². The van der Waals surface area contributed by atoms with Crippen molar-refractivity contribution in [3.63, 3.8) is 0 Å². The second-order valence-corrected chi connectivity index (χ2v) is 23.7. The van der Waals surface area contributed by atoms with Crippen molar-refractivity contribution in [2.45, 2.75) is 5.41 Å². The van der Waals surface area contributed by atoms with Crippen LogP contribution in [-0.2, 0) is 5.41 Å². The molecule has 1 spiro atoms. The van der Waals surface area contributed by atoms with Crippen molar-refractivity contribution < 1.29 is 8.83 Å². The summed E-state index contributed by atoms with van der Waals surface area (Å²) in [5, 5.41) is 11.5. The van der Waals surface area contributed by atoms with Gasteiger partial charge in [-0.05, 0) is 149 Å². The predicted molar refractivity (Wildman–Crippen MR) is 370 cm³/mol. The highest BCUT2D eigenvalue weighted by Crippen LogP contribution is 2.67. The molecular formula is C85H52N2O2. The third kappa shape index (κ3) is 7.05. The average molecular weight is 1130 g/mol. The van der Waals surface area contributed by atoms with Crippen LogP contribution in [0.15, 0.2) is 324 Å². The van der Waals surface area contributed by atoms with Gasteiger partial charge in [-0.3, -0.25) is 0 Å². The van der Waals surface area contributed by atoms with E-state index in [4.69, 9.17) is 8.83 Å². The zero-order valence-electron chi connectivity index (χ0n) is 48.2. The molecule has 0 atom stereocenters. The molecule has 414 valence electrons. The van der Waals surface area contributed by atoms with E-state index in [1.807, 2.05) is 0 Å². The largest absolute Gasteiger partial charge is 0.454 e. The first-order valence-corrected chi connectivity index (χ1v) is 30.6. The quantitative estimate of drug-likeness (QED) is 0.142. The molecule has 0 bridgehead atoms. The number of fused-ring (bicyclic) bond motifs is 23. The van der Waals surface area contributed by atoms with Crippen LogP contribution in [0.25, 0.3) is 121 Å². The van der Waals surface area contributed by atoms with Gasteiger partial charge in [0.25, 0.3) is 0 Å². The van der Waals surface area contributed by atoms with Crippen molar-refractivity contribution in [2.24, 2.45) is 0 Å². The maximum atomic E-state index is 6.94. The first kappa shape index (κ1) is 49.5. The summed E-state index contributed by atoms with van der Waals surface area (Å²) in [5.41, 5.74) is 23.6. The molecule has 0 saturated heterocycles. The number of hydrogen-bond donors (Lipinski definition) is 0. The minimum atomic E-state index is -0.707. The second-order valence-electron chi connectivity index (χ2n) is 23.7. The molecular weight excluding hydrogens is 1080 g/mol. The van der Waals surface area contributed by atoms with E-state index < -0.39 is 5.41 Å². The molecule has 17 aromatic rings. The lowest BCUT2D eigenvalue weighted by Crippen LogP contribution is -2.26. The Morgan fingerprint density at radius 1 is 0.247 bits per heavy atom. The third-order valence-electron chi connectivity index (χ3n) is 19.2. The number of anilines is 6. The van der Waals surface area contributed by atoms with E-state index in [0.29, 0.717) is 0 Å². The van der Waals surface area contributed by atoms with Crippen molar-refractivity contribution in [3.8, 4) is 44.5 Å². The molecule has 15 aromatic carbocycles. The molecule has 2 aliphatic carbocycles. The van der Waals surface area contributed by atoms with Crippen molar-refractivity contribution in [1.29, 1.82) is 0 Å². The van der Waals surface area contributed by atoms with Crippen LogP contribution in [0.5, 0.6) is 0 Å². The maximum absolute atomic E-state index is 6.94. The number of benzene rings is 15. The molecule has 2 aliphatic rings. The molecule has 0 radical (unpaired) electrons. The summed E-state index contributed by atoms with van der Waals surface area (Å²) in [5.74, 6) is 0. The zero-order valence-corrected chi connectivity index (χ0v) is 48.2. The fraction of sp³-hybridized carbons (Fsp3) is 0.0118. The van der Waals surface area contributed by atoms with Crippen LogP contribution in [0.2, 0.25) is 0 Å². The lowest BCUT2D eigenvalue weighted by Gasteiger charge is -2.33. The fourth-order valence-electron chi connectivity index (χ4n) is 15.6. The summed E-state index contributed by atoms with van der Waals surface area (Å²) in [7, 11) is 0. The molecule has 4 heteroatoms. The highest BCUT2D eigenvalue weighted by molar-refractivity contribution is 6.23. The van der Waals surface area contributed by atoms with Crippen LogP contribution in [0.3, 0.4) is 0 Å². The van der Waals surface area contributed by atoms with Gasteiger partial charge < -0.3 is 18.6 Å². The molecule has 2 heterocycles. The normalized spacial score (nSPS) is 12.8. The van der Waals surface area contributed by atoms with Crippen LogP contribution in [0, 0.1) is 0 Å². The Morgan fingerprint density at radius 3 is 1.26 bits per heavy atom. The highest BCUT2D eigenvalue weighted by Gasteiger charge is 2.54. The minimum Gasteiger partial charge on any atom is -0.454 e. The topological polar surface area (TPSA) is 32.8 Å². The number of para-hydroxylation sites is 6. The first-order chi connectivity index (χ1) is 44.2. The monoisotopic (exact) mass is 1130 g/mol. The zero-order chi connectivity index (χ0) is 58.3. The van der Waals surface area contributed by atoms with Crippen molar-refractivity contribution >= 4 is 110 Å². The van der Waals surface area contributed by atoms with Gasteiger partial charge in [0.05, 0.1) is 28.2 Å². The van der Waals surface area contributed by atoms with Crippen LogP contribution in [0.1, 0.15) is 22.3 Å². The smallest absolute Gasteiger partial charge is 0.159 e. The summed E-state index contributed by atoms with van der Waals surface area (Å²) in [6.45, 7) is 0. The van der Waals surface area contributed by atoms with Gasteiger partial charge in [0.15, 0.2) is 11.2 Å². The predicted octanol–water partition coefficient (Wildman–Crippen LogP) is 23.6. The van der Waals surface area contributed by atoms with Gasteiger partial charge in [0.2, 0.25) is 0 Å². The molecule has 0 N–H and O–H groups in total. The van der Waals surface area contributed by atoms with E-state index in [1.54, 1.807) is 0 Å². The Labute approximate surface area is 513 Å². The van der Waals surface area contributed by atoms with Crippen molar-refractivity contribution in [3.05, 3.63) is 338 Å². The van der Waals surface area contributed by atoms with E-state index in [2.05, 4.69) is 325 Å². The van der Waals surface area contributed by atoms with Gasteiger partial charge in [0, 0.05) is 44.0 Å². The van der Waals surface area contributed by atoms with Crippen LogP contribution >= 0.6 is 0 Å². The van der Waals surface area contributed by atoms with Gasteiger partial charge in [-0.15, -0.1) is 0 Å². The minimum absolute atomic E-state index is 0.707. The molecule has 0 fully saturated rings. The Bertz CT molecular complexity index is 5730. The van der Waals surface area contributed by atoms with Crippen LogP contribution in [0.4, 0.5) is 34.1 Å². The van der Waals surface area contributed by atoms with Crippen LogP contribution in [-0.4, -0.2) is 0 Å². The maximum Gasteiger partial charge on any atom is 0.159 e. The number of hydrogen-bond acceptors (Lipinski definition) is 4. The molecule has 89 heavy (non-hydrogen) atoms. The van der Waals surface area contributed by atoms with E-state index in [1.165, 1.54) is 71.4 Å². The van der Waals surface area contributed by atoms with Gasteiger partial charge in [-0.2, -0.15) is 0 Å². The molecule has 0 aliphatic heterocycles. The van der Waals surface area contributed by atoms with E-state index >= 15 is 0 Å². The number of furan rings is 2. The standard InChI is InChI=1S/C85H52N2O2/c1-3-23-53(24-4-1)58-27-11-17-39-74(58)86(76-41-21-35-68-64-32-13-19-43-78(64)88-83(68)76)56-46-49-60-55(51-56)45-48-70-80-66-34-8-7-29-61(66)71-52-57(47-50-67(71)82(80)85(81(60)70)72-37-15-9-30-62(72)63-31-10-16-38-73(63)85)87(75-40-18-12-28-59(75)54-25-5-2-6-26-54)77-42-22-36-69-65-33-14-20-44-79(65)89-84(69)77/h1-52H. The van der Waals surface area contributed by atoms with E-state index in [-0.39, 0.29) is 0 Å². The van der Waals surface area contributed by atoms with Gasteiger partial charge >= 0.3 is 0 Å². The average Bonchev–Trinajstić information content (AvgIpc) is 1.50. The molecule has 4 nitrogen and oxygen atoms in total. The Morgan fingerprint density at radius 2 is 0.685 bits per heavy atom. The van der Waals surface area contributed by atoms with Gasteiger partial charge in [-0.25, -0.2) is 0 Å². The van der Waals surface area contributed by atoms with E-state index in [0.717, 1.165) is 106 Å².